The Morgan fingerprint density at radius 1 is 1.06 bits per heavy atom. The SMILES string of the molecule is COc1cc(/C=C2/C(=O)N(c3ccccc3)N=C2C)cc(Br)c1OS(=O)(=O)c1ccc(Cl)cc1. The predicted molar refractivity (Wildman–Crippen MR) is 135 cm³/mol. The molecule has 1 aliphatic heterocycles. The van der Waals surface area contributed by atoms with Crippen LogP contribution in [0.1, 0.15) is 12.5 Å². The Hall–Kier alpha value is -3.14. The predicted octanol–water partition coefficient (Wildman–Crippen LogP) is 5.68. The number of methoxy groups -OCH3 is 1. The summed E-state index contributed by atoms with van der Waals surface area (Å²) in [5.74, 6) is -0.128. The number of hydrazone groups is 1. The Labute approximate surface area is 210 Å². The third-order valence-corrected chi connectivity index (χ3v) is 7.00. The van der Waals surface area contributed by atoms with Gasteiger partial charge >= 0.3 is 10.1 Å². The lowest BCUT2D eigenvalue weighted by molar-refractivity contribution is -0.114. The van der Waals surface area contributed by atoms with Crippen LogP contribution < -0.4 is 13.9 Å². The van der Waals surface area contributed by atoms with Crippen molar-refractivity contribution in [3.8, 4) is 11.5 Å². The number of carbonyl (C=O) groups excluding carboxylic acids is 1. The van der Waals surface area contributed by atoms with Gasteiger partial charge in [-0.3, -0.25) is 4.79 Å². The second-order valence-corrected chi connectivity index (χ2v) is 10.1. The van der Waals surface area contributed by atoms with Crippen molar-refractivity contribution in [3.05, 3.63) is 87.4 Å². The molecule has 174 valence electrons. The molecule has 0 aliphatic carbocycles. The fraction of sp³-hybridized carbons (Fsp3) is 0.0833. The quantitative estimate of drug-likeness (QED) is 0.285. The molecule has 0 unspecified atom stereocenters. The van der Waals surface area contributed by atoms with Crippen LogP contribution in [0.3, 0.4) is 0 Å². The summed E-state index contributed by atoms with van der Waals surface area (Å²) in [7, 11) is -2.75. The molecule has 0 saturated carbocycles. The molecule has 3 aromatic rings. The van der Waals surface area contributed by atoms with Gasteiger partial charge in [0.25, 0.3) is 5.91 Å². The zero-order valence-corrected chi connectivity index (χ0v) is 21.2. The highest BCUT2D eigenvalue weighted by Gasteiger charge is 2.29. The van der Waals surface area contributed by atoms with Crippen molar-refractivity contribution < 1.29 is 22.1 Å². The van der Waals surface area contributed by atoms with E-state index in [2.05, 4.69) is 21.0 Å². The van der Waals surface area contributed by atoms with Gasteiger partial charge in [-0.05, 0) is 83.0 Å². The van der Waals surface area contributed by atoms with Gasteiger partial charge in [0.2, 0.25) is 0 Å². The van der Waals surface area contributed by atoms with E-state index in [1.165, 1.54) is 36.4 Å². The fourth-order valence-corrected chi connectivity index (χ4v) is 4.99. The maximum Gasteiger partial charge on any atom is 0.339 e. The summed E-state index contributed by atoms with van der Waals surface area (Å²) in [4.78, 5) is 12.9. The van der Waals surface area contributed by atoms with Gasteiger partial charge in [0.1, 0.15) is 4.90 Å². The Balaban J connectivity index is 1.66. The first-order valence-corrected chi connectivity index (χ1v) is 12.5. The van der Waals surface area contributed by atoms with Crippen LogP contribution in [0.4, 0.5) is 5.69 Å². The molecule has 0 spiro atoms. The minimum absolute atomic E-state index is 0.0198. The number of hydrogen-bond acceptors (Lipinski definition) is 6. The Morgan fingerprint density at radius 2 is 1.74 bits per heavy atom. The molecule has 10 heteroatoms. The molecule has 0 radical (unpaired) electrons. The maximum atomic E-state index is 13.0. The molecule has 1 amide bonds. The number of nitrogens with zero attached hydrogens (tertiary/aromatic N) is 2. The van der Waals surface area contributed by atoms with E-state index < -0.39 is 10.1 Å². The number of benzene rings is 3. The van der Waals surface area contributed by atoms with Crippen molar-refractivity contribution in [1.82, 2.24) is 0 Å². The van der Waals surface area contributed by atoms with Gasteiger partial charge in [-0.2, -0.15) is 18.5 Å². The molecule has 7 nitrogen and oxygen atoms in total. The normalized spacial score (nSPS) is 14.9. The van der Waals surface area contributed by atoms with E-state index in [9.17, 15) is 13.2 Å². The second-order valence-electron chi connectivity index (χ2n) is 7.22. The van der Waals surface area contributed by atoms with E-state index in [0.717, 1.165) is 0 Å². The van der Waals surface area contributed by atoms with Crippen LogP contribution >= 0.6 is 27.5 Å². The molecular weight excluding hydrogens is 544 g/mol. The maximum absolute atomic E-state index is 13.0. The van der Waals surface area contributed by atoms with Gasteiger partial charge in [0, 0.05) is 5.02 Å². The highest BCUT2D eigenvalue weighted by Crippen LogP contribution is 2.39. The summed E-state index contributed by atoms with van der Waals surface area (Å²) >= 11 is 9.20. The number of para-hydroxylation sites is 1. The summed E-state index contributed by atoms with van der Waals surface area (Å²) < 4.78 is 36.5. The number of rotatable bonds is 6. The molecule has 0 saturated heterocycles. The molecule has 1 heterocycles. The lowest BCUT2D eigenvalue weighted by Crippen LogP contribution is -2.21. The van der Waals surface area contributed by atoms with E-state index >= 15 is 0 Å². The zero-order chi connectivity index (χ0) is 24.5. The molecule has 4 rings (SSSR count). The lowest BCUT2D eigenvalue weighted by Gasteiger charge is -2.14. The van der Waals surface area contributed by atoms with E-state index in [4.69, 9.17) is 20.5 Å². The van der Waals surface area contributed by atoms with Crippen molar-refractivity contribution in [2.75, 3.05) is 12.1 Å². The van der Waals surface area contributed by atoms with Crippen LogP contribution in [0.15, 0.2) is 86.8 Å². The molecule has 1 aliphatic rings. The van der Waals surface area contributed by atoms with Gasteiger partial charge in [0.15, 0.2) is 11.5 Å². The van der Waals surface area contributed by atoms with Crippen LogP contribution in [0, 0.1) is 0 Å². The van der Waals surface area contributed by atoms with Crippen LogP contribution in [-0.2, 0) is 14.9 Å². The van der Waals surface area contributed by atoms with Crippen LogP contribution in [0.25, 0.3) is 6.08 Å². The number of halogens is 2. The highest BCUT2D eigenvalue weighted by atomic mass is 79.9. The average molecular weight is 562 g/mol. The Bertz CT molecular complexity index is 1420. The third kappa shape index (κ3) is 4.86. The third-order valence-electron chi connectivity index (χ3n) is 4.92. The first kappa shape index (κ1) is 24.0. The van der Waals surface area contributed by atoms with Gasteiger partial charge in [-0.25, -0.2) is 0 Å². The average Bonchev–Trinajstić information content (AvgIpc) is 3.09. The molecule has 3 aromatic carbocycles. The summed E-state index contributed by atoms with van der Waals surface area (Å²) in [6.45, 7) is 1.75. The van der Waals surface area contributed by atoms with Gasteiger partial charge in [-0.1, -0.05) is 29.8 Å². The highest BCUT2D eigenvalue weighted by molar-refractivity contribution is 9.10. The molecule has 0 atom stereocenters. The van der Waals surface area contributed by atoms with Crippen LogP contribution in [0.5, 0.6) is 11.5 Å². The second kappa shape index (κ2) is 9.61. The largest absolute Gasteiger partial charge is 0.493 e. The van der Waals surface area contributed by atoms with Crippen molar-refractivity contribution in [2.45, 2.75) is 11.8 Å². The van der Waals surface area contributed by atoms with Crippen molar-refractivity contribution in [2.24, 2.45) is 5.10 Å². The summed E-state index contributed by atoms with van der Waals surface area (Å²) in [5.41, 5.74) is 2.20. The number of ether oxygens (including phenoxy) is 1. The van der Waals surface area contributed by atoms with Crippen LogP contribution in [0.2, 0.25) is 5.02 Å². The van der Waals surface area contributed by atoms with Crippen LogP contribution in [-0.4, -0.2) is 27.1 Å². The topological polar surface area (TPSA) is 85.3 Å². The zero-order valence-electron chi connectivity index (χ0n) is 18.0. The molecule has 34 heavy (non-hydrogen) atoms. The number of anilines is 1. The smallest absolute Gasteiger partial charge is 0.339 e. The minimum atomic E-state index is -4.14. The standard InChI is InChI=1S/C24H18BrClN2O5S/c1-15-20(24(29)28(27-15)18-6-4-3-5-7-18)12-16-13-21(25)23(22(14-16)32-2)33-34(30,31)19-10-8-17(26)9-11-19/h3-14H,1-2H3/b20-12+. The molecule has 0 bridgehead atoms. The fourth-order valence-electron chi connectivity index (χ4n) is 3.26. The lowest BCUT2D eigenvalue weighted by atomic mass is 10.1. The van der Waals surface area contributed by atoms with Crippen molar-refractivity contribution in [3.63, 3.8) is 0 Å². The Morgan fingerprint density at radius 3 is 2.38 bits per heavy atom. The number of carbonyl (C=O) groups is 1. The molecule has 0 fully saturated rings. The first-order valence-electron chi connectivity index (χ1n) is 9.94. The number of hydrogen-bond donors (Lipinski definition) is 0. The van der Waals surface area contributed by atoms with E-state index in [0.29, 0.717) is 32.0 Å². The summed E-state index contributed by atoms with van der Waals surface area (Å²) in [5, 5.41) is 6.10. The molecule has 0 N–H and O–H groups in total. The van der Waals surface area contributed by atoms with E-state index in [-0.39, 0.29) is 22.3 Å². The van der Waals surface area contributed by atoms with Crippen molar-refractivity contribution in [1.29, 1.82) is 0 Å². The van der Waals surface area contributed by atoms with Gasteiger partial charge in [0.05, 0.1) is 28.6 Å². The number of amides is 1. The van der Waals surface area contributed by atoms with E-state index in [1.54, 1.807) is 37.3 Å². The van der Waals surface area contributed by atoms with E-state index in [1.807, 2.05) is 18.2 Å². The van der Waals surface area contributed by atoms with Crippen molar-refractivity contribution >= 4 is 61.0 Å². The monoisotopic (exact) mass is 560 g/mol. The summed E-state index contributed by atoms with van der Waals surface area (Å²) in [6.07, 6.45) is 1.66. The minimum Gasteiger partial charge on any atom is -0.493 e. The molecule has 0 aromatic heterocycles. The first-order chi connectivity index (χ1) is 16.2. The van der Waals surface area contributed by atoms with Gasteiger partial charge in [-0.15, -0.1) is 0 Å². The molecular formula is C24H18BrClN2O5S. The Kier molecular flexibility index (Phi) is 6.79. The van der Waals surface area contributed by atoms with Gasteiger partial charge < -0.3 is 8.92 Å². The summed E-state index contributed by atoms with van der Waals surface area (Å²) in [6, 6.07) is 17.9.